The fraction of sp³-hybridized carbons (Fsp3) is 0.927. The maximum absolute atomic E-state index is 12.9. The van der Waals surface area contributed by atoms with Crippen molar-refractivity contribution in [1.29, 1.82) is 0 Å². The largest absolute Gasteiger partial charge is 0.466 e. The van der Waals surface area contributed by atoms with E-state index in [0.717, 1.165) is 116 Å². The zero-order chi connectivity index (χ0) is 47.9. The number of hydrazine groups is 1. The number of carbonyl (C=O) groups is 2. The van der Waals surface area contributed by atoms with Gasteiger partial charge in [0, 0.05) is 32.0 Å². The average Bonchev–Trinajstić information content (AvgIpc) is 3.29. The summed E-state index contributed by atoms with van der Waals surface area (Å²) < 4.78 is 11.6. The summed E-state index contributed by atoms with van der Waals surface area (Å²) in [5.41, 5.74) is 6.45. The highest BCUT2D eigenvalue weighted by Crippen LogP contribution is 2.19. The van der Waals surface area contributed by atoms with Crippen molar-refractivity contribution in [3.63, 3.8) is 0 Å². The first-order chi connectivity index (χ1) is 31.7. The standard InChI is InChI=1S/C55H110N4O6/c1-5-9-12-15-18-19-20-26-36-48-64-54(62)42-31-27-34-45-58(46-35-32-38-50(56)49-59(57)47-37-41-53(61)52(60)8-4)44-33-25-21-24-30-43-55(63)65-51(39-28-22-16-13-10-6-2)40-29-23-17-14-11-7-3/h37,41,50-53,60-61H,5-36,38-40,42-49,56-57H2,1-4H3/b41-37+. The van der Waals surface area contributed by atoms with Crippen LogP contribution < -0.4 is 11.6 Å². The summed E-state index contributed by atoms with van der Waals surface area (Å²) in [6.07, 6.45) is 43.4. The molecule has 0 aromatic carbocycles. The molecule has 0 spiro atoms. The van der Waals surface area contributed by atoms with E-state index in [1.54, 1.807) is 17.2 Å². The van der Waals surface area contributed by atoms with Gasteiger partial charge in [-0.15, -0.1) is 0 Å². The molecular weight excluding hydrogens is 813 g/mol. The molecule has 65 heavy (non-hydrogen) atoms. The van der Waals surface area contributed by atoms with Gasteiger partial charge in [0.05, 0.1) is 18.8 Å². The molecule has 0 saturated heterocycles. The van der Waals surface area contributed by atoms with E-state index in [4.69, 9.17) is 21.1 Å². The van der Waals surface area contributed by atoms with E-state index in [-0.39, 0.29) is 24.1 Å². The third kappa shape index (κ3) is 44.7. The van der Waals surface area contributed by atoms with E-state index in [2.05, 4.69) is 25.7 Å². The van der Waals surface area contributed by atoms with Crippen LogP contribution in [0.3, 0.4) is 0 Å². The molecule has 10 nitrogen and oxygen atoms in total. The molecule has 0 fully saturated rings. The van der Waals surface area contributed by atoms with Crippen molar-refractivity contribution >= 4 is 11.9 Å². The second-order valence-corrected chi connectivity index (χ2v) is 19.5. The topological polar surface area (TPSA) is 152 Å². The van der Waals surface area contributed by atoms with Gasteiger partial charge in [-0.05, 0) is 96.7 Å². The summed E-state index contributed by atoms with van der Waals surface area (Å²) in [4.78, 5) is 27.9. The third-order valence-corrected chi connectivity index (χ3v) is 13.0. The van der Waals surface area contributed by atoms with Crippen molar-refractivity contribution in [2.75, 3.05) is 39.3 Å². The molecular formula is C55H110N4O6. The van der Waals surface area contributed by atoms with Crippen LogP contribution >= 0.6 is 0 Å². The van der Waals surface area contributed by atoms with Gasteiger partial charge in [0.2, 0.25) is 0 Å². The molecule has 0 aromatic rings. The molecule has 6 N–H and O–H groups in total. The van der Waals surface area contributed by atoms with Crippen LogP contribution in [-0.2, 0) is 19.1 Å². The Kier molecular flexibility index (Phi) is 47.7. The van der Waals surface area contributed by atoms with E-state index in [1.807, 2.05) is 6.92 Å². The number of hydrogen-bond donors (Lipinski definition) is 4. The summed E-state index contributed by atoms with van der Waals surface area (Å²) in [5, 5.41) is 21.4. The Bertz CT molecular complexity index is 1030. The number of rotatable bonds is 51. The molecule has 3 atom stereocenters. The number of aliphatic hydroxyl groups is 2. The lowest BCUT2D eigenvalue weighted by Gasteiger charge is -2.23. The number of hydrogen-bond acceptors (Lipinski definition) is 10. The Balaban J connectivity index is 4.69. The summed E-state index contributed by atoms with van der Waals surface area (Å²) >= 11 is 0. The normalized spacial score (nSPS) is 13.4. The van der Waals surface area contributed by atoms with Gasteiger partial charge in [0.15, 0.2) is 0 Å². The maximum Gasteiger partial charge on any atom is 0.306 e. The fourth-order valence-corrected chi connectivity index (χ4v) is 8.65. The highest BCUT2D eigenvalue weighted by atomic mass is 16.5. The predicted octanol–water partition coefficient (Wildman–Crippen LogP) is 13.0. The van der Waals surface area contributed by atoms with E-state index in [0.29, 0.717) is 39.0 Å². The van der Waals surface area contributed by atoms with Crippen molar-refractivity contribution in [2.45, 2.75) is 290 Å². The lowest BCUT2D eigenvalue weighted by molar-refractivity contribution is -0.150. The number of carbonyl (C=O) groups excluding carboxylic acids is 2. The van der Waals surface area contributed by atoms with Gasteiger partial charge >= 0.3 is 11.9 Å². The molecule has 0 aliphatic heterocycles. The minimum atomic E-state index is -0.881. The second-order valence-electron chi connectivity index (χ2n) is 19.5. The van der Waals surface area contributed by atoms with Crippen LogP contribution in [0.2, 0.25) is 0 Å². The quantitative estimate of drug-likeness (QED) is 0.0153. The Morgan fingerprint density at radius 2 is 0.954 bits per heavy atom. The number of nitrogens with zero attached hydrogens (tertiary/aromatic N) is 2. The van der Waals surface area contributed by atoms with Crippen LogP contribution in [0.5, 0.6) is 0 Å². The number of unbranched alkanes of at least 4 members (excludes halogenated alkanes) is 25. The molecule has 0 bridgehead atoms. The molecule has 0 rings (SSSR count). The Morgan fingerprint density at radius 3 is 1.48 bits per heavy atom. The van der Waals surface area contributed by atoms with Crippen LogP contribution in [0.4, 0.5) is 0 Å². The Morgan fingerprint density at radius 1 is 0.538 bits per heavy atom. The first kappa shape index (κ1) is 63.4. The van der Waals surface area contributed by atoms with Gasteiger partial charge in [-0.3, -0.25) is 15.4 Å². The number of esters is 2. The van der Waals surface area contributed by atoms with Gasteiger partial charge in [0.25, 0.3) is 0 Å². The minimum Gasteiger partial charge on any atom is -0.466 e. The third-order valence-electron chi connectivity index (χ3n) is 13.0. The lowest BCUT2D eigenvalue weighted by Crippen LogP contribution is -2.42. The van der Waals surface area contributed by atoms with Crippen molar-refractivity contribution in [2.24, 2.45) is 11.6 Å². The zero-order valence-corrected chi connectivity index (χ0v) is 43.4. The molecule has 386 valence electrons. The molecule has 3 unspecified atom stereocenters. The lowest BCUT2D eigenvalue weighted by atomic mass is 10.0. The highest BCUT2D eigenvalue weighted by Gasteiger charge is 2.15. The Hall–Kier alpha value is -1.56. The van der Waals surface area contributed by atoms with Crippen molar-refractivity contribution in [3.05, 3.63) is 12.2 Å². The summed E-state index contributed by atoms with van der Waals surface area (Å²) in [6.45, 7) is 13.3. The minimum absolute atomic E-state index is 0.00363. The van der Waals surface area contributed by atoms with E-state index < -0.39 is 12.2 Å². The number of aliphatic hydroxyl groups excluding tert-OH is 2. The average molecular weight is 924 g/mol. The molecule has 0 radical (unpaired) electrons. The Labute approximate surface area is 402 Å². The van der Waals surface area contributed by atoms with Crippen molar-refractivity contribution in [1.82, 2.24) is 9.91 Å². The summed E-state index contributed by atoms with van der Waals surface area (Å²) in [5.74, 6) is 6.13. The summed E-state index contributed by atoms with van der Waals surface area (Å²) in [7, 11) is 0. The molecule has 0 aliphatic carbocycles. The van der Waals surface area contributed by atoms with E-state index in [9.17, 15) is 19.8 Å². The second kappa shape index (κ2) is 48.9. The molecule has 0 saturated carbocycles. The maximum atomic E-state index is 12.9. The smallest absolute Gasteiger partial charge is 0.306 e. The molecule has 0 heterocycles. The number of ether oxygens (including phenoxy) is 2. The first-order valence-corrected chi connectivity index (χ1v) is 28.0. The monoisotopic (exact) mass is 923 g/mol. The highest BCUT2D eigenvalue weighted by molar-refractivity contribution is 5.69. The molecule has 0 amide bonds. The van der Waals surface area contributed by atoms with Gasteiger partial charge in [0.1, 0.15) is 6.10 Å². The molecule has 0 aromatic heterocycles. The van der Waals surface area contributed by atoms with Gasteiger partial charge in [-0.25, -0.2) is 5.01 Å². The summed E-state index contributed by atoms with van der Waals surface area (Å²) in [6, 6.07) is -0.0307. The van der Waals surface area contributed by atoms with Crippen LogP contribution in [0, 0.1) is 0 Å². The van der Waals surface area contributed by atoms with Gasteiger partial charge in [-0.1, -0.05) is 188 Å². The predicted molar refractivity (Wildman–Crippen MR) is 276 cm³/mol. The van der Waals surface area contributed by atoms with Crippen LogP contribution in [0.15, 0.2) is 12.2 Å². The molecule has 10 heteroatoms. The first-order valence-electron chi connectivity index (χ1n) is 28.0. The van der Waals surface area contributed by atoms with Crippen LogP contribution in [-0.4, -0.2) is 95.7 Å². The zero-order valence-electron chi connectivity index (χ0n) is 43.4. The van der Waals surface area contributed by atoms with Crippen molar-refractivity contribution in [3.8, 4) is 0 Å². The van der Waals surface area contributed by atoms with Crippen molar-refractivity contribution < 1.29 is 29.3 Å². The molecule has 0 aliphatic rings. The SMILES string of the molecule is CCCCCCCCCCCOC(=O)CCCCCN(CCCCCCCC(=O)OC(CCCCCCCC)CCCCCCCC)CCCCC(N)CN(N)C/C=C/C(O)C(O)CC. The van der Waals surface area contributed by atoms with E-state index in [1.165, 1.54) is 122 Å². The van der Waals surface area contributed by atoms with Crippen LogP contribution in [0.1, 0.15) is 265 Å². The van der Waals surface area contributed by atoms with Gasteiger partial charge < -0.3 is 30.3 Å². The van der Waals surface area contributed by atoms with Gasteiger partial charge in [-0.2, -0.15) is 0 Å². The number of nitrogens with two attached hydrogens (primary N) is 2. The van der Waals surface area contributed by atoms with E-state index >= 15 is 0 Å². The fourth-order valence-electron chi connectivity index (χ4n) is 8.65. The van der Waals surface area contributed by atoms with Crippen LogP contribution in [0.25, 0.3) is 0 Å².